The topological polar surface area (TPSA) is 108 Å². The van der Waals surface area contributed by atoms with E-state index in [1.807, 2.05) is 32.0 Å². The lowest BCUT2D eigenvalue weighted by Gasteiger charge is -2.42. The zero-order valence-electron chi connectivity index (χ0n) is 22.0. The number of nitrogens with zero attached hydrogens (tertiary/aromatic N) is 1. The molecule has 0 spiro atoms. The lowest BCUT2D eigenvalue weighted by Crippen LogP contribution is -2.53. The van der Waals surface area contributed by atoms with E-state index in [2.05, 4.69) is 10.6 Å². The molecule has 0 heterocycles. The first kappa shape index (κ1) is 27.0. The van der Waals surface area contributed by atoms with Gasteiger partial charge in [-0.1, -0.05) is 36.4 Å². The van der Waals surface area contributed by atoms with Gasteiger partial charge < -0.3 is 25.4 Å². The van der Waals surface area contributed by atoms with Gasteiger partial charge >= 0.3 is 6.09 Å². The van der Waals surface area contributed by atoms with Gasteiger partial charge in [0.2, 0.25) is 5.91 Å². The maximum absolute atomic E-state index is 13.9. The number of phenols is 1. The van der Waals surface area contributed by atoms with Gasteiger partial charge in [0.15, 0.2) is 0 Å². The number of para-hydroxylation sites is 2. The Morgan fingerprint density at radius 1 is 1.03 bits per heavy atom. The summed E-state index contributed by atoms with van der Waals surface area (Å²) in [6.07, 6.45) is 1.69. The van der Waals surface area contributed by atoms with Gasteiger partial charge in [-0.3, -0.25) is 9.59 Å². The number of nitrogens with one attached hydrogen (secondary N) is 2. The first-order chi connectivity index (χ1) is 16.9. The Labute approximate surface area is 213 Å². The van der Waals surface area contributed by atoms with Crippen molar-refractivity contribution in [1.29, 1.82) is 0 Å². The van der Waals surface area contributed by atoms with Gasteiger partial charge in [-0.05, 0) is 77.5 Å². The van der Waals surface area contributed by atoms with Crippen molar-refractivity contribution >= 4 is 23.6 Å². The molecule has 1 aliphatic rings. The molecular formula is C28H37N3O5. The summed E-state index contributed by atoms with van der Waals surface area (Å²) in [5.74, 6) is -0.879. The summed E-state index contributed by atoms with van der Waals surface area (Å²) in [4.78, 5) is 41.1. The molecule has 0 saturated heterocycles. The van der Waals surface area contributed by atoms with Crippen molar-refractivity contribution in [2.45, 2.75) is 78.5 Å². The molecule has 8 nitrogen and oxygen atoms in total. The van der Waals surface area contributed by atoms with Crippen LogP contribution in [0, 0.1) is 20.8 Å². The van der Waals surface area contributed by atoms with E-state index in [1.54, 1.807) is 45.9 Å². The third kappa shape index (κ3) is 6.36. The Morgan fingerprint density at radius 2 is 1.61 bits per heavy atom. The van der Waals surface area contributed by atoms with E-state index in [0.717, 1.165) is 30.4 Å². The molecule has 1 unspecified atom stereocenters. The number of alkyl carbamates (subject to hydrolysis) is 1. The second-order valence-corrected chi connectivity index (χ2v) is 10.4. The molecule has 1 aliphatic carbocycles. The lowest BCUT2D eigenvalue weighted by atomic mass is 9.88. The maximum atomic E-state index is 13.9. The summed E-state index contributed by atoms with van der Waals surface area (Å²) < 4.78 is 5.26. The van der Waals surface area contributed by atoms with Crippen LogP contribution in [0.1, 0.15) is 68.3 Å². The number of aromatic hydroxyl groups is 1. The molecule has 0 bridgehead atoms. The fourth-order valence-corrected chi connectivity index (χ4v) is 4.30. The first-order valence-corrected chi connectivity index (χ1v) is 12.3. The Balaban J connectivity index is 1.98. The largest absolute Gasteiger partial charge is 0.507 e. The molecule has 2 aromatic carbocycles. The number of amides is 3. The Hall–Kier alpha value is -3.55. The van der Waals surface area contributed by atoms with Crippen LogP contribution < -0.4 is 10.6 Å². The van der Waals surface area contributed by atoms with Crippen molar-refractivity contribution in [3.8, 4) is 5.75 Å². The zero-order chi connectivity index (χ0) is 26.6. The third-order valence-corrected chi connectivity index (χ3v) is 6.36. The highest BCUT2D eigenvalue weighted by molar-refractivity contribution is 6.00. The highest BCUT2D eigenvalue weighted by Gasteiger charge is 2.40. The predicted octanol–water partition coefficient (Wildman–Crippen LogP) is 4.90. The fraction of sp³-hybridized carbons (Fsp3) is 0.464. The van der Waals surface area contributed by atoms with Gasteiger partial charge in [0.05, 0.1) is 0 Å². The normalized spacial score (nSPS) is 14.4. The monoisotopic (exact) mass is 495 g/mol. The van der Waals surface area contributed by atoms with Crippen LogP contribution in [-0.2, 0) is 14.3 Å². The van der Waals surface area contributed by atoms with E-state index in [9.17, 15) is 19.5 Å². The van der Waals surface area contributed by atoms with Crippen molar-refractivity contribution in [2.75, 3.05) is 11.9 Å². The van der Waals surface area contributed by atoms with Crippen LogP contribution in [0.15, 0.2) is 36.4 Å². The predicted molar refractivity (Wildman–Crippen MR) is 139 cm³/mol. The number of anilines is 1. The van der Waals surface area contributed by atoms with Crippen molar-refractivity contribution < 1.29 is 24.2 Å². The van der Waals surface area contributed by atoms with Crippen LogP contribution >= 0.6 is 0 Å². The number of phenolic OH excluding ortho intramolecular Hbond substituents is 1. The number of hydrogen-bond acceptors (Lipinski definition) is 5. The number of aryl methyl sites for hydroxylation is 3. The summed E-state index contributed by atoms with van der Waals surface area (Å²) in [7, 11) is 0. The molecule has 36 heavy (non-hydrogen) atoms. The van der Waals surface area contributed by atoms with E-state index in [0.29, 0.717) is 16.8 Å². The van der Waals surface area contributed by atoms with Crippen LogP contribution in [0.5, 0.6) is 5.75 Å². The van der Waals surface area contributed by atoms with Gasteiger partial charge in [0.1, 0.15) is 23.9 Å². The first-order valence-electron chi connectivity index (χ1n) is 12.3. The number of benzene rings is 2. The molecule has 3 amide bonds. The average molecular weight is 496 g/mol. The Kier molecular flexibility index (Phi) is 8.28. The summed E-state index contributed by atoms with van der Waals surface area (Å²) >= 11 is 0. The third-order valence-electron chi connectivity index (χ3n) is 6.36. The van der Waals surface area contributed by atoms with Gasteiger partial charge in [-0.15, -0.1) is 0 Å². The molecule has 1 saturated carbocycles. The van der Waals surface area contributed by atoms with E-state index in [1.165, 1.54) is 4.90 Å². The number of rotatable bonds is 7. The van der Waals surface area contributed by atoms with Crippen LogP contribution in [0.25, 0.3) is 0 Å². The second-order valence-electron chi connectivity index (χ2n) is 10.4. The summed E-state index contributed by atoms with van der Waals surface area (Å²) in [5, 5.41) is 16.5. The molecule has 0 aromatic heterocycles. The molecule has 3 N–H and O–H groups in total. The molecule has 1 atom stereocenters. The number of carbonyl (C=O) groups is 3. The lowest BCUT2D eigenvalue weighted by molar-refractivity contribution is -0.143. The van der Waals surface area contributed by atoms with E-state index in [-0.39, 0.29) is 18.3 Å². The fourth-order valence-electron chi connectivity index (χ4n) is 4.30. The van der Waals surface area contributed by atoms with Crippen molar-refractivity contribution in [1.82, 2.24) is 10.2 Å². The highest BCUT2D eigenvalue weighted by atomic mass is 16.6. The van der Waals surface area contributed by atoms with Gasteiger partial charge in [-0.25, -0.2) is 4.79 Å². The molecular weight excluding hydrogens is 458 g/mol. The minimum absolute atomic E-state index is 0.0311. The van der Waals surface area contributed by atoms with Crippen LogP contribution in [0.4, 0.5) is 10.5 Å². The van der Waals surface area contributed by atoms with E-state index >= 15 is 0 Å². The van der Waals surface area contributed by atoms with Crippen LogP contribution in [0.3, 0.4) is 0 Å². The summed E-state index contributed by atoms with van der Waals surface area (Å²) in [6.45, 7) is 10.4. The number of hydrogen-bond donors (Lipinski definition) is 3. The number of carbonyl (C=O) groups excluding carboxylic acids is 3. The Morgan fingerprint density at radius 3 is 2.17 bits per heavy atom. The molecule has 0 radical (unpaired) electrons. The van der Waals surface area contributed by atoms with Crippen molar-refractivity contribution in [2.24, 2.45) is 0 Å². The molecule has 194 valence electrons. The molecule has 3 rings (SSSR count). The summed E-state index contributed by atoms with van der Waals surface area (Å²) in [5.41, 5.74) is 2.70. The maximum Gasteiger partial charge on any atom is 0.408 e. The van der Waals surface area contributed by atoms with Gasteiger partial charge in [-0.2, -0.15) is 0 Å². The highest BCUT2D eigenvalue weighted by Crippen LogP contribution is 2.38. The second kappa shape index (κ2) is 11.0. The standard InChI is InChI=1S/C28H37N3O5/c1-17-10-7-11-18(2)23(17)30-26(34)24(21-15-8-12-19(3)25(21)33)31(20-13-9-14-20)22(32)16-29-27(35)36-28(4,5)6/h7-8,10-12,15,20,24,33H,9,13-14,16H2,1-6H3,(H,29,35)(H,30,34). The van der Waals surface area contributed by atoms with Gasteiger partial charge in [0.25, 0.3) is 5.91 Å². The minimum Gasteiger partial charge on any atom is -0.507 e. The minimum atomic E-state index is -1.08. The molecule has 0 aliphatic heterocycles. The smallest absolute Gasteiger partial charge is 0.408 e. The van der Waals surface area contributed by atoms with Crippen LogP contribution in [-0.4, -0.2) is 46.1 Å². The summed E-state index contributed by atoms with van der Waals surface area (Å²) in [6, 6.07) is 9.62. The van der Waals surface area contributed by atoms with Crippen LogP contribution in [0.2, 0.25) is 0 Å². The SMILES string of the molecule is Cc1cccc(C(C(=O)Nc2c(C)cccc2C)N(C(=O)CNC(=O)OC(C)(C)C)C2CCC2)c1O. The molecule has 8 heteroatoms. The zero-order valence-corrected chi connectivity index (χ0v) is 22.0. The average Bonchev–Trinajstić information content (AvgIpc) is 2.74. The van der Waals surface area contributed by atoms with Gasteiger partial charge in [0, 0.05) is 17.3 Å². The van der Waals surface area contributed by atoms with E-state index in [4.69, 9.17) is 4.74 Å². The van der Waals surface area contributed by atoms with E-state index < -0.39 is 29.6 Å². The quantitative estimate of drug-likeness (QED) is 0.506. The molecule has 2 aromatic rings. The molecule has 1 fully saturated rings. The number of ether oxygens (including phenoxy) is 1. The van der Waals surface area contributed by atoms with Crippen molar-refractivity contribution in [3.63, 3.8) is 0 Å². The van der Waals surface area contributed by atoms with Crippen molar-refractivity contribution in [3.05, 3.63) is 58.7 Å². The Bertz CT molecular complexity index is 1110.